The summed E-state index contributed by atoms with van der Waals surface area (Å²) < 4.78 is 0.153. The summed E-state index contributed by atoms with van der Waals surface area (Å²) in [6.45, 7) is 3.27. The van der Waals surface area contributed by atoms with Gasteiger partial charge in [0.05, 0.1) is 15.8 Å². The molecule has 0 aliphatic heterocycles. The Morgan fingerprint density at radius 3 is 2.35 bits per heavy atom. The number of hydrogen-bond acceptors (Lipinski definition) is 5. The fraction of sp³-hybridized carbons (Fsp3) is 0.333. The summed E-state index contributed by atoms with van der Waals surface area (Å²) in [5.41, 5.74) is -1.44. The Morgan fingerprint density at radius 2 is 1.87 bits per heavy atom. The van der Waals surface area contributed by atoms with Gasteiger partial charge in [-0.25, -0.2) is 8.77 Å². The quantitative estimate of drug-likeness (QED) is 0.449. The van der Waals surface area contributed by atoms with Gasteiger partial charge in [0.1, 0.15) is 0 Å². The van der Waals surface area contributed by atoms with E-state index in [0.717, 1.165) is 14.6 Å². The average molecular weight is 399 g/mol. The fourth-order valence-corrected chi connectivity index (χ4v) is 3.30. The number of nitrogens with zero attached hydrogens (tertiary/aromatic N) is 3. The highest BCUT2D eigenvalue weighted by Crippen LogP contribution is 2.40. The molecule has 1 heterocycles. The molecule has 0 fully saturated rings. The molecule has 0 N–H and O–H groups in total. The normalized spacial score (nSPS) is 12.1. The maximum absolute atomic E-state index is 12.5. The highest BCUT2D eigenvalue weighted by molar-refractivity contribution is 8.03. The van der Waals surface area contributed by atoms with Crippen LogP contribution >= 0.6 is 46.8 Å². The van der Waals surface area contributed by atoms with Crippen molar-refractivity contribution in [2.45, 2.75) is 23.0 Å². The number of fused-ring (bicyclic) bond motifs is 1. The maximum atomic E-state index is 12.5. The molecular formula is C12H10Cl3N3O4S. The van der Waals surface area contributed by atoms with Crippen LogP contribution in [-0.4, -0.2) is 16.6 Å². The zero-order valence-electron chi connectivity index (χ0n) is 11.8. The van der Waals surface area contributed by atoms with Crippen LogP contribution in [0, 0.1) is 10.1 Å². The molecule has 0 amide bonds. The van der Waals surface area contributed by atoms with E-state index in [9.17, 15) is 19.7 Å². The molecule has 11 heteroatoms. The predicted octanol–water partition coefficient (Wildman–Crippen LogP) is 3.48. The van der Waals surface area contributed by atoms with Crippen LogP contribution in [0.5, 0.6) is 0 Å². The smallest absolute Gasteiger partial charge is 0.268 e. The van der Waals surface area contributed by atoms with Gasteiger partial charge in [0.15, 0.2) is 0 Å². The molecule has 7 nitrogen and oxygen atoms in total. The van der Waals surface area contributed by atoms with Crippen LogP contribution in [0.1, 0.15) is 19.9 Å². The molecular weight excluding hydrogens is 389 g/mol. The number of nitro benzene ring substituents is 1. The van der Waals surface area contributed by atoms with E-state index in [1.54, 1.807) is 13.8 Å². The minimum absolute atomic E-state index is 0.00532. The summed E-state index contributed by atoms with van der Waals surface area (Å²) in [4.78, 5) is 35.3. The van der Waals surface area contributed by atoms with Crippen LogP contribution in [-0.2, 0) is 0 Å². The first-order valence-electron chi connectivity index (χ1n) is 6.25. The Morgan fingerprint density at radius 1 is 1.26 bits per heavy atom. The van der Waals surface area contributed by atoms with Crippen LogP contribution in [0.3, 0.4) is 0 Å². The Balaban J connectivity index is 2.96. The second-order valence-electron chi connectivity index (χ2n) is 4.84. The molecule has 1 aromatic carbocycles. The zero-order chi connectivity index (χ0) is 17.5. The molecule has 23 heavy (non-hydrogen) atoms. The van der Waals surface area contributed by atoms with Gasteiger partial charge in [0.25, 0.3) is 14.4 Å². The maximum Gasteiger partial charge on any atom is 0.342 e. The lowest BCUT2D eigenvalue weighted by atomic mass is 10.2. The number of alkyl halides is 3. The molecule has 124 valence electrons. The molecule has 0 aliphatic carbocycles. The van der Waals surface area contributed by atoms with Gasteiger partial charge in [-0.1, -0.05) is 34.8 Å². The van der Waals surface area contributed by atoms with Gasteiger partial charge >= 0.3 is 5.69 Å². The number of rotatable bonds is 3. The lowest BCUT2D eigenvalue weighted by Crippen LogP contribution is -2.40. The number of hydrogen-bond donors (Lipinski definition) is 0. The largest absolute Gasteiger partial charge is 0.342 e. The molecule has 0 saturated carbocycles. The highest BCUT2D eigenvalue weighted by Gasteiger charge is 2.26. The second kappa shape index (κ2) is 6.35. The topological polar surface area (TPSA) is 87.1 Å². The standard InChI is InChI=1S/C12H10Cl3N3O4S/c1-6(2)16-10(19)8-5-7(18(21)22)3-4-9(8)17(11(16)20)23-12(13,14)15/h3-6H,1-2H3. The molecule has 0 aliphatic rings. The number of halogens is 3. The summed E-state index contributed by atoms with van der Waals surface area (Å²) in [5, 5.41) is 10.9. The lowest BCUT2D eigenvalue weighted by Gasteiger charge is -2.17. The minimum atomic E-state index is -1.85. The van der Waals surface area contributed by atoms with E-state index in [2.05, 4.69) is 0 Å². The molecule has 0 bridgehead atoms. The third kappa shape index (κ3) is 3.65. The molecule has 0 spiro atoms. The van der Waals surface area contributed by atoms with Crippen molar-refractivity contribution in [1.29, 1.82) is 0 Å². The Bertz CT molecular complexity index is 901. The Labute approximate surface area is 149 Å². The highest BCUT2D eigenvalue weighted by atomic mass is 35.6. The van der Waals surface area contributed by atoms with Gasteiger partial charge in [0, 0.05) is 30.1 Å². The third-order valence-corrected chi connectivity index (χ3v) is 4.31. The second-order valence-corrected chi connectivity index (χ2v) is 8.96. The molecule has 0 radical (unpaired) electrons. The van der Waals surface area contributed by atoms with Gasteiger partial charge < -0.3 is 0 Å². The first-order chi connectivity index (χ1) is 10.5. The predicted molar refractivity (Wildman–Crippen MR) is 92.8 cm³/mol. The first kappa shape index (κ1) is 18.1. The fourth-order valence-electron chi connectivity index (χ4n) is 2.05. The summed E-state index contributed by atoms with van der Waals surface area (Å²) in [7, 11) is 0. The van der Waals surface area contributed by atoms with E-state index < -0.39 is 25.3 Å². The van der Waals surface area contributed by atoms with E-state index in [1.165, 1.54) is 12.1 Å². The molecule has 0 saturated heterocycles. The van der Waals surface area contributed by atoms with Crippen LogP contribution in [0.25, 0.3) is 10.9 Å². The van der Waals surface area contributed by atoms with E-state index in [4.69, 9.17) is 34.8 Å². The molecule has 2 aromatic rings. The van der Waals surface area contributed by atoms with Gasteiger partial charge in [0.2, 0.25) is 0 Å². The SMILES string of the molecule is CC(C)n1c(=O)c2cc([N+](=O)[O-])ccc2n(SC(Cl)(Cl)Cl)c1=O. The number of aromatic nitrogens is 2. The number of nitro groups is 1. The van der Waals surface area contributed by atoms with Crippen molar-refractivity contribution in [2.75, 3.05) is 0 Å². The lowest BCUT2D eigenvalue weighted by molar-refractivity contribution is -0.384. The van der Waals surface area contributed by atoms with Crippen LogP contribution in [0.15, 0.2) is 27.8 Å². The minimum Gasteiger partial charge on any atom is -0.268 e. The first-order valence-corrected chi connectivity index (χ1v) is 8.15. The van der Waals surface area contributed by atoms with Gasteiger partial charge in [-0.2, -0.15) is 0 Å². The summed E-state index contributed by atoms with van der Waals surface area (Å²) >= 11 is 17.8. The molecule has 1 aromatic heterocycles. The van der Waals surface area contributed by atoms with Crippen molar-refractivity contribution < 1.29 is 4.92 Å². The van der Waals surface area contributed by atoms with Crippen molar-refractivity contribution in [1.82, 2.24) is 8.54 Å². The summed E-state index contributed by atoms with van der Waals surface area (Å²) in [5.74, 6) is 0. The average Bonchev–Trinajstić information content (AvgIpc) is 2.41. The Hall–Kier alpha value is -1.22. The van der Waals surface area contributed by atoms with E-state index >= 15 is 0 Å². The summed E-state index contributed by atoms with van der Waals surface area (Å²) in [6.07, 6.45) is 0. The van der Waals surface area contributed by atoms with Gasteiger partial charge in [-0.3, -0.25) is 19.5 Å². The van der Waals surface area contributed by atoms with E-state index in [1.807, 2.05) is 0 Å². The van der Waals surface area contributed by atoms with Crippen LogP contribution in [0.4, 0.5) is 5.69 Å². The zero-order valence-corrected chi connectivity index (χ0v) is 14.9. The Kier molecular flexibility index (Phi) is 5.00. The van der Waals surface area contributed by atoms with Gasteiger partial charge in [-0.15, -0.1) is 0 Å². The molecule has 0 unspecified atom stereocenters. The van der Waals surface area contributed by atoms with Crippen LogP contribution < -0.4 is 11.2 Å². The van der Waals surface area contributed by atoms with Crippen molar-refractivity contribution in [3.63, 3.8) is 0 Å². The molecule has 2 rings (SSSR count). The third-order valence-electron chi connectivity index (χ3n) is 2.95. The molecule has 0 atom stereocenters. The van der Waals surface area contributed by atoms with Crippen molar-refractivity contribution in [2.24, 2.45) is 0 Å². The van der Waals surface area contributed by atoms with E-state index in [-0.39, 0.29) is 16.6 Å². The summed E-state index contributed by atoms with van der Waals surface area (Å²) in [6, 6.07) is 3.09. The monoisotopic (exact) mass is 397 g/mol. The van der Waals surface area contributed by atoms with Crippen molar-refractivity contribution >= 4 is 63.3 Å². The van der Waals surface area contributed by atoms with Gasteiger partial charge in [-0.05, 0) is 19.9 Å². The number of non-ortho nitro benzene ring substituents is 1. The van der Waals surface area contributed by atoms with Crippen LogP contribution in [0.2, 0.25) is 0 Å². The van der Waals surface area contributed by atoms with E-state index in [0.29, 0.717) is 11.9 Å². The number of benzene rings is 1. The van der Waals surface area contributed by atoms with Crippen molar-refractivity contribution in [3.05, 3.63) is 49.2 Å². The van der Waals surface area contributed by atoms with Crippen molar-refractivity contribution in [3.8, 4) is 0 Å².